The molecular formula is C24H37N5O. The maximum atomic E-state index is 12.6. The fourth-order valence-corrected chi connectivity index (χ4v) is 4.81. The first kappa shape index (κ1) is 21.2. The number of carbonyl (C=O) groups is 1. The molecule has 30 heavy (non-hydrogen) atoms. The Bertz CT molecular complexity index is 750. The Labute approximate surface area is 181 Å². The van der Waals surface area contributed by atoms with Gasteiger partial charge in [0.05, 0.1) is 6.54 Å². The zero-order valence-electron chi connectivity index (χ0n) is 18.6. The van der Waals surface area contributed by atoms with Crippen molar-refractivity contribution >= 4 is 11.9 Å². The molecule has 2 aliphatic heterocycles. The smallest absolute Gasteiger partial charge is 0.236 e. The van der Waals surface area contributed by atoms with E-state index in [0.29, 0.717) is 24.4 Å². The maximum absolute atomic E-state index is 12.6. The van der Waals surface area contributed by atoms with E-state index in [4.69, 9.17) is 4.99 Å². The summed E-state index contributed by atoms with van der Waals surface area (Å²) >= 11 is 0. The minimum atomic E-state index is 0.308. The highest BCUT2D eigenvalue weighted by molar-refractivity contribution is 5.81. The standard InChI is InChI=1S/C24H37N5O/c1-3-25-24(26-22-17-21(22)20-10-6-5-9-19(20)2)29-15-13-27(14-16-29)18-23(30)28-11-7-4-8-12-28/h5-6,9-10,21-22H,3-4,7-8,11-18H2,1-2H3,(H,25,26). The lowest BCUT2D eigenvalue weighted by Gasteiger charge is -2.37. The van der Waals surface area contributed by atoms with Gasteiger partial charge in [-0.25, -0.2) is 0 Å². The minimum Gasteiger partial charge on any atom is -0.353 e. The van der Waals surface area contributed by atoms with E-state index in [1.54, 1.807) is 0 Å². The number of benzene rings is 1. The van der Waals surface area contributed by atoms with Gasteiger partial charge in [-0.2, -0.15) is 0 Å². The molecule has 1 N–H and O–H groups in total. The first-order chi connectivity index (χ1) is 14.7. The molecule has 6 heteroatoms. The first-order valence-electron chi connectivity index (χ1n) is 11.8. The van der Waals surface area contributed by atoms with Crippen molar-refractivity contribution in [3.63, 3.8) is 0 Å². The summed E-state index contributed by atoms with van der Waals surface area (Å²) in [5, 5.41) is 3.73. The van der Waals surface area contributed by atoms with Crippen LogP contribution in [0, 0.1) is 6.92 Å². The van der Waals surface area contributed by atoms with E-state index in [-0.39, 0.29) is 0 Å². The monoisotopic (exact) mass is 411 g/mol. The normalized spacial score (nSPS) is 25.3. The highest BCUT2D eigenvalue weighted by atomic mass is 16.2. The highest BCUT2D eigenvalue weighted by Gasteiger charge is 2.40. The Kier molecular flexibility index (Phi) is 6.93. The van der Waals surface area contributed by atoms with Crippen molar-refractivity contribution in [3.05, 3.63) is 35.4 Å². The van der Waals surface area contributed by atoms with Crippen molar-refractivity contribution in [1.29, 1.82) is 0 Å². The summed E-state index contributed by atoms with van der Waals surface area (Å²) in [5.41, 5.74) is 2.85. The van der Waals surface area contributed by atoms with Crippen LogP contribution in [-0.2, 0) is 4.79 Å². The first-order valence-corrected chi connectivity index (χ1v) is 11.8. The molecule has 0 aromatic heterocycles. The third-order valence-electron chi connectivity index (χ3n) is 6.74. The molecule has 0 spiro atoms. The number of carbonyl (C=O) groups excluding carboxylic acids is 1. The van der Waals surface area contributed by atoms with E-state index in [1.807, 2.05) is 0 Å². The fourth-order valence-electron chi connectivity index (χ4n) is 4.81. The van der Waals surface area contributed by atoms with E-state index in [9.17, 15) is 4.79 Å². The SMILES string of the molecule is CCN=C(NC1CC1c1ccccc1C)N1CCN(CC(=O)N2CCCCC2)CC1. The van der Waals surface area contributed by atoms with Gasteiger partial charge in [0.1, 0.15) is 0 Å². The summed E-state index contributed by atoms with van der Waals surface area (Å²) < 4.78 is 0. The summed E-state index contributed by atoms with van der Waals surface area (Å²) in [6, 6.07) is 9.20. The molecule has 1 aliphatic carbocycles. The summed E-state index contributed by atoms with van der Waals surface area (Å²) in [6.07, 6.45) is 4.76. The van der Waals surface area contributed by atoms with Crippen molar-refractivity contribution in [1.82, 2.24) is 20.0 Å². The lowest BCUT2D eigenvalue weighted by atomic mass is 10.0. The molecule has 4 rings (SSSR count). The Hall–Kier alpha value is -2.08. The molecule has 0 bridgehead atoms. The van der Waals surface area contributed by atoms with E-state index < -0.39 is 0 Å². The van der Waals surface area contributed by atoms with Crippen LogP contribution in [0.25, 0.3) is 0 Å². The van der Waals surface area contributed by atoms with Crippen LogP contribution in [0.4, 0.5) is 0 Å². The van der Waals surface area contributed by atoms with Crippen molar-refractivity contribution < 1.29 is 4.79 Å². The van der Waals surface area contributed by atoms with Gasteiger partial charge >= 0.3 is 0 Å². The Morgan fingerprint density at radius 3 is 2.47 bits per heavy atom. The second kappa shape index (κ2) is 9.82. The molecule has 0 radical (unpaired) electrons. The van der Waals surface area contributed by atoms with Gasteiger partial charge in [0.2, 0.25) is 5.91 Å². The van der Waals surface area contributed by atoms with Gasteiger partial charge < -0.3 is 15.1 Å². The molecular weight excluding hydrogens is 374 g/mol. The van der Waals surface area contributed by atoms with Gasteiger partial charge in [-0.3, -0.25) is 14.7 Å². The highest BCUT2D eigenvalue weighted by Crippen LogP contribution is 2.42. The number of piperazine rings is 1. The van der Waals surface area contributed by atoms with Crippen molar-refractivity contribution in [2.45, 2.75) is 51.5 Å². The summed E-state index contributed by atoms with van der Waals surface area (Å²) in [4.78, 5) is 24.1. The number of amides is 1. The summed E-state index contributed by atoms with van der Waals surface area (Å²) in [6.45, 7) is 11.3. The molecule has 6 nitrogen and oxygen atoms in total. The van der Waals surface area contributed by atoms with Crippen molar-refractivity contribution in [3.8, 4) is 0 Å². The number of nitrogens with zero attached hydrogens (tertiary/aromatic N) is 4. The van der Waals surface area contributed by atoms with E-state index in [1.165, 1.54) is 24.0 Å². The quantitative estimate of drug-likeness (QED) is 0.597. The van der Waals surface area contributed by atoms with Crippen LogP contribution in [0.5, 0.6) is 0 Å². The van der Waals surface area contributed by atoms with Gasteiger partial charge in [-0.1, -0.05) is 24.3 Å². The number of nitrogens with one attached hydrogen (secondary N) is 1. The molecule has 1 aromatic carbocycles. The van der Waals surface area contributed by atoms with Crippen LogP contribution in [0.3, 0.4) is 0 Å². The number of hydrogen-bond donors (Lipinski definition) is 1. The zero-order valence-corrected chi connectivity index (χ0v) is 18.6. The fraction of sp³-hybridized carbons (Fsp3) is 0.667. The van der Waals surface area contributed by atoms with E-state index in [0.717, 1.165) is 64.6 Å². The van der Waals surface area contributed by atoms with Crippen LogP contribution >= 0.6 is 0 Å². The number of hydrogen-bond acceptors (Lipinski definition) is 3. The second-order valence-electron chi connectivity index (χ2n) is 8.95. The minimum absolute atomic E-state index is 0.308. The summed E-state index contributed by atoms with van der Waals surface area (Å²) in [5.74, 6) is 1.94. The van der Waals surface area contributed by atoms with Gasteiger partial charge in [-0.15, -0.1) is 0 Å². The number of aliphatic imine (C=N–C) groups is 1. The second-order valence-corrected chi connectivity index (χ2v) is 8.95. The lowest BCUT2D eigenvalue weighted by molar-refractivity contribution is -0.133. The molecule has 3 fully saturated rings. The molecule has 164 valence electrons. The third kappa shape index (κ3) is 5.15. The van der Waals surface area contributed by atoms with Crippen LogP contribution < -0.4 is 5.32 Å². The van der Waals surface area contributed by atoms with Crippen LogP contribution in [-0.4, -0.2) is 85.0 Å². The molecule has 2 unspecified atom stereocenters. The molecule has 2 heterocycles. The number of rotatable bonds is 5. The number of guanidine groups is 1. The number of likely N-dealkylation sites (tertiary alicyclic amines) is 1. The predicted molar refractivity (Wildman–Crippen MR) is 122 cm³/mol. The third-order valence-corrected chi connectivity index (χ3v) is 6.74. The molecule has 1 saturated carbocycles. The maximum Gasteiger partial charge on any atom is 0.236 e. The molecule has 1 amide bonds. The largest absolute Gasteiger partial charge is 0.353 e. The molecule has 3 aliphatic rings. The van der Waals surface area contributed by atoms with Crippen LogP contribution in [0.15, 0.2) is 29.3 Å². The molecule has 1 aromatic rings. The number of aryl methyl sites for hydroxylation is 1. The average molecular weight is 412 g/mol. The number of piperidine rings is 1. The predicted octanol–water partition coefficient (Wildman–Crippen LogP) is 2.45. The molecule has 2 atom stereocenters. The van der Waals surface area contributed by atoms with Crippen molar-refractivity contribution in [2.75, 3.05) is 52.4 Å². The average Bonchev–Trinajstić information content (AvgIpc) is 3.54. The Morgan fingerprint density at radius 2 is 1.77 bits per heavy atom. The zero-order chi connectivity index (χ0) is 20.9. The Balaban J connectivity index is 1.26. The van der Waals surface area contributed by atoms with Gasteiger partial charge in [0, 0.05) is 57.8 Å². The topological polar surface area (TPSA) is 51.2 Å². The Morgan fingerprint density at radius 1 is 1.03 bits per heavy atom. The summed E-state index contributed by atoms with van der Waals surface area (Å²) in [7, 11) is 0. The van der Waals surface area contributed by atoms with Crippen molar-refractivity contribution in [2.24, 2.45) is 4.99 Å². The van der Waals surface area contributed by atoms with Gasteiger partial charge in [0.25, 0.3) is 0 Å². The van der Waals surface area contributed by atoms with Gasteiger partial charge in [-0.05, 0) is 50.7 Å². The van der Waals surface area contributed by atoms with Crippen LogP contribution in [0.1, 0.15) is 49.7 Å². The van der Waals surface area contributed by atoms with Gasteiger partial charge in [0.15, 0.2) is 5.96 Å². The lowest BCUT2D eigenvalue weighted by Crippen LogP contribution is -2.55. The van der Waals surface area contributed by atoms with Crippen LogP contribution in [0.2, 0.25) is 0 Å². The van der Waals surface area contributed by atoms with E-state index in [2.05, 4.69) is 58.1 Å². The molecule has 2 saturated heterocycles. The van der Waals surface area contributed by atoms with E-state index >= 15 is 0 Å².